The van der Waals surface area contributed by atoms with Gasteiger partial charge in [-0.25, -0.2) is 4.39 Å². The number of rotatable bonds is 4. The van der Waals surface area contributed by atoms with Gasteiger partial charge >= 0.3 is 0 Å². The number of anilines is 1. The van der Waals surface area contributed by atoms with Crippen LogP contribution in [0.5, 0.6) is 17.2 Å². The molecule has 3 rings (SSSR count). The van der Waals surface area contributed by atoms with Crippen LogP contribution in [0.2, 0.25) is 0 Å². The molecule has 0 radical (unpaired) electrons. The van der Waals surface area contributed by atoms with Gasteiger partial charge in [-0.15, -0.1) is 24.0 Å². The van der Waals surface area contributed by atoms with E-state index in [2.05, 4.69) is 15.6 Å². The van der Waals surface area contributed by atoms with E-state index in [1.54, 1.807) is 19.2 Å². The molecule has 2 N–H and O–H groups in total. The van der Waals surface area contributed by atoms with Gasteiger partial charge in [0.15, 0.2) is 29.0 Å². The predicted octanol–water partition coefficient (Wildman–Crippen LogP) is 3.80. The van der Waals surface area contributed by atoms with Gasteiger partial charge in [0.05, 0.1) is 20.3 Å². The maximum atomic E-state index is 13.8. The van der Waals surface area contributed by atoms with Gasteiger partial charge in [-0.05, 0) is 29.8 Å². The third-order valence-electron chi connectivity index (χ3n) is 3.91. The van der Waals surface area contributed by atoms with Crippen molar-refractivity contribution in [3.05, 3.63) is 47.8 Å². The summed E-state index contributed by atoms with van der Waals surface area (Å²) in [6.45, 7) is 1.71. The van der Waals surface area contributed by atoms with Gasteiger partial charge in [0, 0.05) is 31.8 Å². The lowest BCUT2D eigenvalue weighted by Crippen LogP contribution is -2.30. The Morgan fingerprint density at radius 1 is 1.15 bits per heavy atom. The van der Waals surface area contributed by atoms with Gasteiger partial charge in [0.1, 0.15) is 0 Å². The lowest BCUT2D eigenvalue weighted by atomic mass is 10.2. The molecular formula is C19H23FIN3O3. The summed E-state index contributed by atoms with van der Waals surface area (Å²) in [6.07, 6.45) is 0.860. The van der Waals surface area contributed by atoms with Gasteiger partial charge in [0.2, 0.25) is 0 Å². The lowest BCUT2D eigenvalue weighted by Gasteiger charge is -2.14. The van der Waals surface area contributed by atoms with Crippen LogP contribution in [-0.4, -0.2) is 33.3 Å². The van der Waals surface area contributed by atoms with E-state index < -0.39 is 5.82 Å². The van der Waals surface area contributed by atoms with Crippen molar-refractivity contribution in [2.24, 2.45) is 4.99 Å². The number of methoxy groups -OCH3 is 1. The normalized spacial score (nSPS) is 13.2. The van der Waals surface area contributed by atoms with Gasteiger partial charge in [-0.3, -0.25) is 4.99 Å². The predicted molar refractivity (Wildman–Crippen MR) is 114 cm³/mol. The number of guanidine groups is 1. The van der Waals surface area contributed by atoms with Crippen LogP contribution in [0.1, 0.15) is 12.0 Å². The van der Waals surface area contributed by atoms with Crippen molar-refractivity contribution in [2.75, 3.05) is 32.7 Å². The molecule has 2 aromatic carbocycles. The van der Waals surface area contributed by atoms with Gasteiger partial charge in [-0.2, -0.15) is 0 Å². The summed E-state index contributed by atoms with van der Waals surface area (Å²) in [5, 5.41) is 6.34. The number of nitrogens with one attached hydrogen (secondary N) is 2. The molecule has 0 fully saturated rings. The molecular weight excluding hydrogens is 464 g/mol. The molecule has 0 atom stereocenters. The Morgan fingerprint density at radius 3 is 2.63 bits per heavy atom. The quantitative estimate of drug-likeness (QED) is 0.391. The molecule has 8 heteroatoms. The summed E-state index contributed by atoms with van der Waals surface area (Å²) in [4.78, 5) is 4.19. The average molecular weight is 487 g/mol. The summed E-state index contributed by atoms with van der Waals surface area (Å²) in [5.41, 5.74) is 1.60. The zero-order valence-electron chi connectivity index (χ0n) is 15.3. The lowest BCUT2D eigenvalue weighted by molar-refractivity contribution is 0.297. The highest BCUT2D eigenvalue weighted by Crippen LogP contribution is 2.32. The van der Waals surface area contributed by atoms with Crippen LogP contribution in [0.15, 0.2) is 41.4 Å². The Labute approximate surface area is 175 Å². The van der Waals surface area contributed by atoms with E-state index in [4.69, 9.17) is 14.2 Å². The van der Waals surface area contributed by atoms with Crippen molar-refractivity contribution in [2.45, 2.75) is 13.0 Å². The van der Waals surface area contributed by atoms with E-state index in [0.29, 0.717) is 31.5 Å². The molecule has 0 aliphatic carbocycles. The van der Waals surface area contributed by atoms with E-state index in [1.165, 1.54) is 13.2 Å². The summed E-state index contributed by atoms with van der Waals surface area (Å²) in [7, 11) is 3.12. The van der Waals surface area contributed by atoms with E-state index in [0.717, 1.165) is 23.4 Å². The first-order chi connectivity index (χ1) is 12.7. The minimum Gasteiger partial charge on any atom is -0.494 e. The summed E-state index contributed by atoms with van der Waals surface area (Å²) in [6, 6.07) is 10.5. The van der Waals surface area contributed by atoms with Gasteiger partial charge in [-0.1, -0.05) is 6.07 Å². The first kappa shape index (κ1) is 21.1. The van der Waals surface area contributed by atoms with Crippen LogP contribution in [0.25, 0.3) is 0 Å². The Balaban J connectivity index is 0.00000261. The first-order valence-electron chi connectivity index (χ1n) is 8.39. The minimum absolute atomic E-state index is 0. The van der Waals surface area contributed by atoms with E-state index in [-0.39, 0.29) is 29.7 Å². The number of nitrogens with zero attached hydrogens (tertiary/aromatic N) is 1. The van der Waals surface area contributed by atoms with Gasteiger partial charge < -0.3 is 24.8 Å². The Kier molecular flexibility index (Phi) is 7.96. The molecule has 0 amide bonds. The van der Waals surface area contributed by atoms with Crippen molar-refractivity contribution in [3.8, 4) is 17.2 Å². The maximum absolute atomic E-state index is 13.8. The largest absolute Gasteiger partial charge is 0.494 e. The molecule has 0 bridgehead atoms. The first-order valence-corrected chi connectivity index (χ1v) is 8.39. The molecule has 0 unspecified atom stereocenters. The van der Waals surface area contributed by atoms with Crippen molar-refractivity contribution >= 4 is 35.6 Å². The molecule has 0 spiro atoms. The number of hydrogen-bond donors (Lipinski definition) is 2. The molecule has 2 aromatic rings. The average Bonchev–Trinajstić information content (AvgIpc) is 2.90. The fraction of sp³-hybridized carbons (Fsp3) is 0.316. The van der Waals surface area contributed by atoms with Crippen LogP contribution in [-0.2, 0) is 6.54 Å². The minimum atomic E-state index is -0.391. The summed E-state index contributed by atoms with van der Waals surface area (Å²) in [5.74, 6) is 1.85. The summed E-state index contributed by atoms with van der Waals surface area (Å²) < 4.78 is 30.0. The SMILES string of the molecule is CN=C(NCc1ccc(OC)c(F)c1)Nc1ccc2c(c1)OCCCO2.I. The van der Waals surface area contributed by atoms with E-state index >= 15 is 0 Å². The van der Waals surface area contributed by atoms with Crippen molar-refractivity contribution in [1.82, 2.24) is 5.32 Å². The number of aliphatic imine (C=N–C) groups is 1. The van der Waals surface area contributed by atoms with Crippen molar-refractivity contribution < 1.29 is 18.6 Å². The van der Waals surface area contributed by atoms with E-state index in [9.17, 15) is 4.39 Å². The second-order valence-electron chi connectivity index (χ2n) is 5.73. The van der Waals surface area contributed by atoms with Crippen LogP contribution in [0.4, 0.5) is 10.1 Å². The Bertz CT molecular complexity index is 802. The smallest absolute Gasteiger partial charge is 0.195 e. The highest BCUT2D eigenvalue weighted by molar-refractivity contribution is 14.0. The number of benzene rings is 2. The number of fused-ring (bicyclic) bond motifs is 1. The highest BCUT2D eigenvalue weighted by Gasteiger charge is 2.11. The Hall–Kier alpha value is -2.23. The van der Waals surface area contributed by atoms with Crippen molar-refractivity contribution in [3.63, 3.8) is 0 Å². The highest BCUT2D eigenvalue weighted by atomic mass is 127. The second-order valence-corrected chi connectivity index (χ2v) is 5.73. The molecule has 0 saturated carbocycles. The zero-order chi connectivity index (χ0) is 18.4. The van der Waals surface area contributed by atoms with Crippen molar-refractivity contribution in [1.29, 1.82) is 0 Å². The standard InChI is InChI=1S/C19H22FN3O3.HI/c1-21-19(22-12-13-4-6-16(24-2)15(20)10-13)23-14-5-7-17-18(11-14)26-9-3-8-25-17;/h4-7,10-11H,3,8-9,12H2,1-2H3,(H2,21,22,23);1H. The van der Waals surface area contributed by atoms with Crippen LogP contribution in [0.3, 0.4) is 0 Å². The Morgan fingerprint density at radius 2 is 1.93 bits per heavy atom. The molecule has 6 nitrogen and oxygen atoms in total. The third-order valence-corrected chi connectivity index (χ3v) is 3.91. The molecule has 1 aliphatic heterocycles. The summed E-state index contributed by atoms with van der Waals surface area (Å²) >= 11 is 0. The van der Waals surface area contributed by atoms with Crippen LogP contribution in [0, 0.1) is 5.82 Å². The van der Waals surface area contributed by atoms with E-state index in [1.807, 2.05) is 18.2 Å². The number of ether oxygens (including phenoxy) is 3. The maximum Gasteiger partial charge on any atom is 0.195 e. The van der Waals surface area contributed by atoms with Gasteiger partial charge in [0.25, 0.3) is 0 Å². The fourth-order valence-corrected chi connectivity index (χ4v) is 2.56. The molecule has 1 aliphatic rings. The second kappa shape index (κ2) is 10.2. The molecule has 0 aromatic heterocycles. The zero-order valence-corrected chi connectivity index (χ0v) is 17.6. The molecule has 1 heterocycles. The number of hydrogen-bond acceptors (Lipinski definition) is 4. The topological polar surface area (TPSA) is 64.1 Å². The monoisotopic (exact) mass is 487 g/mol. The van der Waals surface area contributed by atoms with Crippen LogP contribution >= 0.6 is 24.0 Å². The third kappa shape index (κ3) is 5.62. The molecule has 0 saturated heterocycles. The van der Waals surface area contributed by atoms with Crippen LogP contribution < -0.4 is 24.8 Å². The molecule has 146 valence electrons. The number of halogens is 2. The molecule has 27 heavy (non-hydrogen) atoms. The fourth-order valence-electron chi connectivity index (χ4n) is 2.56.